The zero-order valence-corrected chi connectivity index (χ0v) is 19.7. The Morgan fingerprint density at radius 1 is 1.17 bits per heavy atom. The predicted molar refractivity (Wildman–Crippen MR) is 133 cm³/mol. The quantitative estimate of drug-likeness (QED) is 0.193. The zero-order valence-electron chi connectivity index (χ0n) is 19.7. The second-order valence-corrected chi connectivity index (χ2v) is 8.23. The van der Waals surface area contributed by atoms with Gasteiger partial charge in [-0.1, -0.05) is 31.9 Å². The molecule has 4 rings (SSSR count). The minimum Gasteiger partial charge on any atom is -0.490 e. The number of fused-ring (bicyclic) bond motifs is 1. The van der Waals surface area contributed by atoms with E-state index in [0.29, 0.717) is 17.9 Å². The number of nitrogens with one attached hydrogen (secondary N) is 1. The number of H-pyrrole nitrogens is 1. The van der Waals surface area contributed by atoms with Crippen LogP contribution >= 0.6 is 0 Å². The molecule has 0 spiro atoms. The van der Waals surface area contributed by atoms with E-state index in [-0.39, 0.29) is 39.6 Å². The van der Waals surface area contributed by atoms with Gasteiger partial charge in [0, 0.05) is 5.56 Å². The van der Waals surface area contributed by atoms with E-state index in [4.69, 9.17) is 14.9 Å². The number of anilines is 1. The van der Waals surface area contributed by atoms with Crippen molar-refractivity contribution in [3.8, 4) is 17.3 Å². The number of rotatable bonds is 10. The highest BCUT2D eigenvalue weighted by atomic mass is 16.5. The summed E-state index contributed by atoms with van der Waals surface area (Å²) in [4.78, 5) is 26.4. The minimum absolute atomic E-state index is 0.0291. The summed E-state index contributed by atoms with van der Waals surface area (Å²) in [6.45, 7) is 4.45. The molecule has 0 saturated heterocycles. The average molecular weight is 474 g/mol. The van der Waals surface area contributed by atoms with Gasteiger partial charge in [0.1, 0.15) is 23.6 Å². The Hall–Kier alpha value is -4.27. The Labute approximate surface area is 202 Å². The van der Waals surface area contributed by atoms with Crippen molar-refractivity contribution < 1.29 is 13.9 Å². The van der Waals surface area contributed by atoms with Crippen LogP contribution in [0.15, 0.2) is 57.8 Å². The lowest BCUT2D eigenvalue weighted by molar-refractivity contribution is 0.103. The molecule has 180 valence electrons. The van der Waals surface area contributed by atoms with Crippen LogP contribution in [0.4, 0.5) is 5.69 Å². The molecule has 0 aliphatic heterocycles. The number of carbonyl (C=O) groups is 1. The van der Waals surface area contributed by atoms with Gasteiger partial charge in [-0.2, -0.15) is 5.21 Å². The van der Waals surface area contributed by atoms with Crippen LogP contribution in [0, 0.1) is 6.92 Å². The second kappa shape index (κ2) is 10.8. The third kappa shape index (κ3) is 5.29. The number of aryl methyl sites for hydroxylation is 1. The molecule has 0 radical (unpaired) electrons. The van der Waals surface area contributed by atoms with Crippen molar-refractivity contribution in [1.29, 1.82) is 0 Å². The number of hydrogen-bond donors (Lipinski definition) is 2. The van der Waals surface area contributed by atoms with Crippen LogP contribution < -0.4 is 15.9 Å². The van der Waals surface area contributed by atoms with Gasteiger partial charge in [0.15, 0.2) is 5.78 Å². The summed E-state index contributed by atoms with van der Waals surface area (Å²) >= 11 is 0. The fourth-order valence-corrected chi connectivity index (χ4v) is 3.75. The van der Waals surface area contributed by atoms with Crippen LogP contribution in [0.3, 0.4) is 0 Å². The number of tetrazole rings is 1. The first kappa shape index (κ1) is 23.9. The number of carbonyl (C=O) groups excluding carboxylic acids is 1. The molecule has 0 fully saturated rings. The van der Waals surface area contributed by atoms with E-state index in [2.05, 4.69) is 33.6 Å². The van der Waals surface area contributed by atoms with Crippen LogP contribution in [-0.4, -0.2) is 33.0 Å². The summed E-state index contributed by atoms with van der Waals surface area (Å²) in [5.74, 6) is 0.350. The van der Waals surface area contributed by atoms with Crippen molar-refractivity contribution in [3.05, 3.63) is 75.5 Å². The second-order valence-electron chi connectivity index (χ2n) is 8.23. The van der Waals surface area contributed by atoms with E-state index >= 15 is 0 Å². The summed E-state index contributed by atoms with van der Waals surface area (Å²) in [7, 11) is 0. The maximum Gasteiger partial charge on any atom is 0.242 e. The highest BCUT2D eigenvalue weighted by Gasteiger charge is 2.22. The molecular weight excluding hydrogens is 446 g/mol. The Morgan fingerprint density at radius 3 is 2.69 bits per heavy atom. The van der Waals surface area contributed by atoms with E-state index in [0.717, 1.165) is 12.0 Å². The molecule has 2 aromatic carbocycles. The lowest BCUT2D eigenvalue weighted by atomic mass is 9.98. The standard InChI is InChI=1S/C26H27N5O4/c1-3-4-5-6-7-8-13-34-18-11-9-17(10-12-18)22(32)19-14-16(2)15-20-23(33)21(27)25(35-24(19)20)26-28-30-31-29-26/h7-12,14-15H,3-6,13,27H2,1-2H3,(H,28,29,30,31)/b8-7+. The van der Waals surface area contributed by atoms with E-state index < -0.39 is 5.43 Å². The van der Waals surface area contributed by atoms with Crippen molar-refractivity contribution >= 4 is 22.4 Å². The smallest absolute Gasteiger partial charge is 0.242 e. The van der Waals surface area contributed by atoms with Gasteiger partial charge in [-0.15, -0.1) is 10.2 Å². The van der Waals surface area contributed by atoms with Crippen molar-refractivity contribution in [2.45, 2.75) is 39.5 Å². The maximum atomic E-state index is 13.4. The number of aromatic nitrogens is 4. The van der Waals surface area contributed by atoms with Crippen molar-refractivity contribution in [2.24, 2.45) is 0 Å². The zero-order chi connectivity index (χ0) is 24.8. The van der Waals surface area contributed by atoms with E-state index in [1.807, 2.05) is 6.08 Å². The number of benzene rings is 2. The topological polar surface area (TPSA) is 137 Å². The lowest BCUT2D eigenvalue weighted by Crippen LogP contribution is -2.13. The molecule has 0 atom stereocenters. The monoisotopic (exact) mass is 473 g/mol. The largest absolute Gasteiger partial charge is 0.490 e. The summed E-state index contributed by atoms with van der Waals surface area (Å²) in [6.07, 6.45) is 8.79. The molecule has 0 bridgehead atoms. The molecule has 3 N–H and O–H groups in total. The Bertz CT molecular complexity index is 1410. The van der Waals surface area contributed by atoms with Gasteiger partial charge in [0.05, 0.1) is 10.9 Å². The first-order valence-corrected chi connectivity index (χ1v) is 11.5. The van der Waals surface area contributed by atoms with Gasteiger partial charge in [0.25, 0.3) is 0 Å². The van der Waals surface area contributed by atoms with Crippen molar-refractivity contribution in [3.63, 3.8) is 0 Å². The third-order valence-electron chi connectivity index (χ3n) is 5.57. The minimum atomic E-state index is -0.463. The maximum absolute atomic E-state index is 13.4. The molecule has 9 nitrogen and oxygen atoms in total. The molecule has 0 unspecified atom stereocenters. The van der Waals surface area contributed by atoms with Gasteiger partial charge in [0.2, 0.25) is 17.0 Å². The summed E-state index contributed by atoms with van der Waals surface area (Å²) in [6, 6.07) is 10.2. The molecule has 2 aromatic heterocycles. The first-order chi connectivity index (χ1) is 17.0. The number of unbranched alkanes of at least 4 members (excludes halogenated alkanes) is 3. The van der Waals surface area contributed by atoms with Crippen LogP contribution in [-0.2, 0) is 0 Å². The SMILES string of the molecule is CCCCC/C=C/COc1ccc(C(=O)c2cc(C)cc3c(=O)c(N)c(-c4nn[nH]n4)oc23)cc1. The average Bonchev–Trinajstić information content (AvgIpc) is 3.40. The molecule has 0 saturated carbocycles. The highest BCUT2D eigenvalue weighted by molar-refractivity contribution is 6.15. The first-order valence-electron chi connectivity index (χ1n) is 11.5. The van der Waals surface area contributed by atoms with Gasteiger partial charge in [-0.25, -0.2) is 0 Å². The Kier molecular flexibility index (Phi) is 7.35. The molecule has 2 heterocycles. The fourth-order valence-electron chi connectivity index (χ4n) is 3.75. The molecule has 0 aliphatic carbocycles. The highest BCUT2D eigenvalue weighted by Crippen LogP contribution is 2.29. The van der Waals surface area contributed by atoms with Gasteiger partial charge < -0.3 is 14.9 Å². The number of ether oxygens (including phenoxy) is 1. The normalized spacial score (nSPS) is 11.4. The van der Waals surface area contributed by atoms with Crippen LogP contribution in [0.1, 0.15) is 54.1 Å². The Balaban J connectivity index is 1.59. The number of nitrogens with zero attached hydrogens (tertiary/aromatic N) is 3. The summed E-state index contributed by atoms with van der Waals surface area (Å²) in [5.41, 5.74) is 6.90. The van der Waals surface area contributed by atoms with Gasteiger partial charge in [-0.05, 0) is 66.9 Å². The van der Waals surface area contributed by atoms with Crippen LogP contribution in [0.25, 0.3) is 22.6 Å². The number of aromatic amines is 1. The molecule has 0 aliphatic rings. The number of allylic oxidation sites excluding steroid dienone is 1. The summed E-state index contributed by atoms with van der Waals surface area (Å²) < 4.78 is 11.6. The lowest BCUT2D eigenvalue weighted by Gasteiger charge is -2.10. The van der Waals surface area contributed by atoms with Crippen molar-refractivity contribution in [2.75, 3.05) is 12.3 Å². The molecule has 35 heavy (non-hydrogen) atoms. The fraction of sp³-hybridized carbons (Fsp3) is 0.269. The van der Waals surface area contributed by atoms with Gasteiger partial charge in [-0.3, -0.25) is 9.59 Å². The van der Waals surface area contributed by atoms with Gasteiger partial charge >= 0.3 is 0 Å². The van der Waals surface area contributed by atoms with E-state index in [1.54, 1.807) is 43.3 Å². The van der Waals surface area contributed by atoms with Crippen LogP contribution in [0.5, 0.6) is 5.75 Å². The predicted octanol–water partition coefficient (Wildman–Crippen LogP) is 4.61. The van der Waals surface area contributed by atoms with Crippen LogP contribution in [0.2, 0.25) is 0 Å². The third-order valence-corrected chi connectivity index (χ3v) is 5.57. The number of hydrogen-bond acceptors (Lipinski definition) is 8. The van der Waals surface area contributed by atoms with Crippen molar-refractivity contribution in [1.82, 2.24) is 20.6 Å². The Morgan fingerprint density at radius 2 is 1.97 bits per heavy atom. The molecular formula is C26H27N5O4. The van der Waals surface area contributed by atoms with E-state index in [9.17, 15) is 9.59 Å². The molecule has 9 heteroatoms. The summed E-state index contributed by atoms with van der Waals surface area (Å²) in [5, 5.41) is 13.7. The molecule has 0 amide bonds. The number of nitrogens with two attached hydrogens (primary N) is 1. The van der Waals surface area contributed by atoms with E-state index in [1.165, 1.54) is 19.3 Å². The number of ketones is 1. The number of nitrogen functional groups attached to an aromatic ring is 1. The molecule has 4 aromatic rings.